The summed E-state index contributed by atoms with van der Waals surface area (Å²) in [6.07, 6.45) is 6.38. The van der Waals surface area contributed by atoms with E-state index in [1.165, 1.54) is 36.8 Å². The van der Waals surface area contributed by atoms with Crippen molar-refractivity contribution in [3.8, 4) is 5.75 Å². The number of rotatable bonds is 7. The highest BCUT2D eigenvalue weighted by Crippen LogP contribution is 2.18. The summed E-state index contributed by atoms with van der Waals surface area (Å²) in [6.45, 7) is 1.69. The van der Waals surface area contributed by atoms with Crippen LogP contribution < -0.4 is 10.1 Å². The molecule has 2 aromatic carbocycles. The van der Waals surface area contributed by atoms with Crippen LogP contribution in [0.4, 0.5) is 0 Å². The molecule has 0 heterocycles. The van der Waals surface area contributed by atoms with Crippen LogP contribution in [0.2, 0.25) is 0 Å². The van der Waals surface area contributed by atoms with Crippen molar-refractivity contribution in [3.63, 3.8) is 0 Å². The highest BCUT2D eigenvalue weighted by molar-refractivity contribution is 5.27. The van der Waals surface area contributed by atoms with Gasteiger partial charge in [-0.1, -0.05) is 55.3 Å². The van der Waals surface area contributed by atoms with Gasteiger partial charge in [0.05, 0.1) is 6.61 Å². The van der Waals surface area contributed by atoms with Gasteiger partial charge in [-0.2, -0.15) is 0 Å². The van der Waals surface area contributed by atoms with Crippen molar-refractivity contribution in [1.29, 1.82) is 0 Å². The lowest BCUT2D eigenvalue weighted by molar-refractivity contribution is 0.322. The lowest BCUT2D eigenvalue weighted by Crippen LogP contribution is -2.25. The maximum absolute atomic E-state index is 5.82. The molecule has 2 nitrogen and oxygen atoms in total. The second kappa shape index (κ2) is 8.00. The maximum atomic E-state index is 5.82. The Morgan fingerprint density at radius 1 is 0.864 bits per heavy atom. The van der Waals surface area contributed by atoms with E-state index >= 15 is 0 Å². The predicted octanol–water partition coefficient (Wildman–Crippen LogP) is 4.34. The van der Waals surface area contributed by atoms with Crippen LogP contribution in [0.5, 0.6) is 5.75 Å². The fourth-order valence-corrected chi connectivity index (χ4v) is 3.03. The van der Waals surface area contributed by atoms with Crippen molar-refractivity contribution in [2.45, 2.75) is 44.7 Å². The molecule has 0 atom stereocenters. The van der Waals surface area contributed by atoms with Crippen LogP contribution in [0, 0.1) is 0 Å². The molecule has 1 fully saturated rings. The van der Waals surface area contributed by atoms with Crippen LogP contribution in [0.15, 0.2) is 54.6 Å². The summed E-state index contributed by atoms with van der Waals surface area (Å²) in [4.78, 5) is 0. The average molecular weight is 295 g/mol. The number of nitrogens with one attached hydrogen (secondary N) is 1. The zero-order valence-corrected chi connectivity index (χ0v) is 13.1. The minimum atomic E-state index is 0.724. The topological polar surface area (TPSA) is 21.3 Å². The van der Waals surface area contributed by atoms with E-state index in [1.807, 2.05) is 6.07 Å². The summed E-state index contributed by atoms with van der Waals surface area (Å²) in [6, 6.07) is 19.7. The van der Waals surface area contributed by atoms with Gasteiger partial charge in [0.2, 0.25) is 0 Å². The third kappa shape index (κ3) is 4.60. The Bertz CT molecular complexity index is 544. The summed E-state index contributed by atoms with van der Waals surface area (Å²) < 4.78 is 5.82. The Morgan fingerprint density at radius 2 is 1.59 bits per heavy atom. The van der Waals surface area contributed by atoms with Gasteiger partial charge in [0.25, 0.3) is 0 Å². The molecule has 116 valence electrons. The van der Waals surface area contributed by atoms with Gasteiger partial charge < -0.3 is 10.1 Å². The third-order valence-corrected chi connectivity index (χ3v) is 4.38. The molecule has 0 bridgehead atoms. The van der Waals surface area contributed by atoms with Crippen LogP contribution in [0.1, 0.15) is 36.8 Å². The first-order valence-corrected chi connectivity index (χ1v) is 8.39. The van der Waals surface area contributed by atoms with Gasteiger partial charge in [0, 0.05) is 19.0 Å². The van der Waals surface area contributed by atoms with Crippen molar-refractivity contribution < 1.29 is 4.74 Å². The molecule has 0 spiro atoms. The molecule has 2 aromatic rings. The molecule has 0 amide bonds. The summed E-state index contributed by atoms with van der Waals surface area (Å²) in [5, 5.41) is 3.64. The van der Waals surface area contributed by atoms with E-state index in [1.54, 1.807) is 0 Å². The fourth-order valence-electron chi connectivity index (χ4n) is 3.03. The van der Waals surface area contributed by atoms with Gasteiger partial charge in [-0.3, -0.25) is 0 Å². The largest absolute Gasteiger partial charge is 0.493 e. The summed E-state index contributed by atoms with van der Waals surface area (Å²) >= 11 is 0. The zero-order valence-electron chi connectivity index (χ0n) is 13.1. The average Bonchev–Trinajstić information content (AvgIpc) is 3.09. The first kappa shape index (κ1) is 15.1. The monoisotopic (exact) mass is 295 g/mol. The fraction of sp³-hybridized carbons (Fsp3) is 0.400. The van der Waals surface area contributed by atoms with E-state index < -0.39 is 0 Å². The Balaban J connectivity index is 1.41. The van der Waals surface area contributed by atoms with E-state index in [0.29, 0.717) is 0 Å². The second-order valence-electron chi connectivity index (χ2n) is 6.09. The van der Waals surface area contributed by atoms with E-state index in [-0.39, 0.29) is 0 Å². The summed E-state index contributed by atoms with van der Waals surface area (Å²) in [5.41, 5.74) is 2.65. The lowest BCUT2D eigenvalue weighted by Gasteiger charge is -2.12. The first-order chi connectivity index (χ1) is 10.9. The summed E-state index contributed by atoms with van der Waals surface area (Å²) in [5.74, 6) is 0.959. The molecule has 1 N–H and O–H groups in total. The Labute approximate surface area is 133 Å². The molecule has 1 aliphatic rings. The minimum absolute atomic E-state index is 0.724. The molecular formula is C20H25NO. The Morgan fingerprint density at radius 3 is 2.32 bits per heavy atom. The van der Waals surface area contributed by atoms with Crippen molar-refractivity contribution in [2.75, 3.05) is 6.61 Å². The van der Waals surface area contributed by atoms with Gasteiger partial charge in [-0.25, -0.2) is 0 Å². The SMILES string of the molecule is c1ccc(CCOc2ccc(CNC3CCCC3)cc2)cc1. The Hall–Kier alpha value is -1.80. The van der Waals surface area contributed by atoms with Crippen LogP contribution >= 0.6 is 0 Å². The predicted molar refractivity (Wildman–Crippen MR) is 91.2 cm³/mol. The highest BCUT2D eigenvalue weighted by atomic mass is 16.5. The molecular weight excluding hydrogens is 270 g/mol. The van der Waals surface area contributed by atoms with Crippen LogP contribution in [-0.4, -0.2) is 12.6 Å². The molecule has 1 saturated carbocycles. The third-order valence-electron chi connectivity index (χ3n) is 4.38. The molecule has 0 saturated heterocycles. The molecule has 22 heavy (non-hydrogen) atoms. The molecule has 3 rings (SSSR count). The zero-order chi connectivity index (χ0) is 15.0. The lowest BCUT2D eigenvalue weighted by atomic mass is 10.1. The van der Waals surface area contributed by atoms with Gasteiger partial charge in [0.15, 0.2) is 0 Å². The van der Waals surface area contributed by atoms with Crippen molar-refractivity contribution in [1.82, 2.24) is 5.32 Å². The molecule has 0 aromatic heterocycles. The van der Waals surface area contributed by atoms with E-state index in [0.717, 1.165) is 31.4 Å². The van der Waals surface area contributed by atoms with Gasteiger partial charge >= 0.3 is 0 Å². The van der Waals surface area contributed by atoms with E-state index in [2.05, 4.69) is 53.8 Å². The smallest absolute Gasteiger partial charge is 0.119 e. The number of hydrogen-bond acceptors (Lipinski definition) is 2. The molecule has 1 aliphatic carbocycles. The number of benzene rings is 2. The Kier molecular flexibility index (Phi) is 5.49. The second-order valence-corrected chi connectivity index (χ2v) is 6.09. The minimum Gasteiger partial charge on any atom is -0.493 e. The van der Waals surface area contributed by atoms with Crippen LogP contribution in [-0.2, 0) is 13.0 Å². The molecule has 2 heteroatoms. The summed E-state index contributed by atoms with van der Waals surface area (Å²) in [7, 11) is 0. The first-order valence-electron chi connectivity index (χ1n) is 8.39. The van der Waals surface area contributed by atoms with E-state index in [9.17, 15) is 0 Å². The van der Waals surface area contributed by atoms with Gasteiger partial charge in [-0.15, -0.1) is 0 Å². The number of hydrogen-bond donors (Lipinski definition) is 1. The maximum Gasteiger partial charge on any atom is 0.119 e. The molecule has 0 unspecified atom stereocenters. The van der Waals surface area contributed by atoms with E-state index in [4.69, 9.17) is 4.74 Å². The van der Waals surface area contributed by atoms with Crippen molar-refractivity contribution >= 4 is 0 Å². The standard InChI is InChI=1S/C20H25NO/c1-2-6-17(7-3-1)14-15-22-20-12-10-18(11-13-20)16-21-19-8-4-5-9-19/h1-3,6-7,10-13,19,21H,4-5,8-9,14-16H2. The van der Waals surface area contributed by atoms with Crippen molar-refractivity contribution in [2.24, 2.45) is 0 Å². The van der Waals surface area contributed by atoms with Gasteiger partial charge in [0.1, 0.15) is 5.75 Å². The van der Waals surface area contributed by atoms with Crippen LogP contribution in [0.25, 0.3) is 0 Å². The quantitative estimate of drug-likeness (QED) is 0.820. The molecule has 0 aliphatic heterocycles. The van der Waals surface area contributed by atoms with Gasteiger partial charge in [-0.05, 0) is 36.1 Å². The van der Waals surface area contributed by atoms with Crippen LogP contribution in [0.3, 0.4) is 0 Å². The number of ether oxygens (including phenoxy) is 1. The normalized spacial score (nSPS) is 15.1. The highest BCUT2D eigenvalue weighted by Gasteiger charge is 2.13. The van der Waals surface area contributed by atoms with Crippen molar-refractivity contribution in [3.05, 3.63) is 65.7 Å². The molecule has 0 radical (unpaired) electrons.